The van der Waals surface area contributed by atoms with E-state index in [9.17, 15) is 4.79 Å². The highest BCUT2D eigenvalue weighted by molar-refractivity contribution is 7.21. The number of fused-ring (bicyclic) bond motifs is 1. The molecule has 0 aliphatic carbocycles. The quantitative estimate of drug-likeness (QED) is 0.773. The van der Waals surface area contributed by atoms with Crippen LogP contribution in [0.2, 0.25) is 0 Å². The van der Waals surface area contributed by atoms with E-state index in [0.717, 1.165) is 16.1 Å². The largest absolute Gasteiger partial charge is 0.397 e. The van der Waals surface area contributed by atoms with Gasteiger partial charge in [0.05, 0.1) is 17.9 Å². The zero-order chi connectivity index (χ0) is 15.0. The van der Waals surface area contributed by atoms with Gasteiger partial charge in [-0.2, -0.15) is 5.10 Å². The van der Waals surface area contributed by atoms with Crippen molar-refractivity contribution in [2.24, 2.45) is 0 Å². The van der Waals surface area contributed by atoms with E-state index < -0.39 is 0 Å². The average molecular weight is 319 g/mol. The van der Waals surface area contributed by atoms with E-state index >= 15 is 0 Å². The summed E-state index contributed by atoms with van der Waals surface area (Å²) in [5.41, 5.74) is 7.43. The number of nitrogens with one attached hydrogen (secondary N) is 1. The molecule has 1 atom stereocenters. The molecule has 3 aromatic heterocycles. The van der Waals surface area contributed by atoms with Crippen LogP contribution in [0.3, 0.4) is 0 Å². The lowest BCUT2D eigenvalue weighted by Crippen LogP contribution is -2.26. The number of nitrogens with zero attached hydrogens (tertiary/aromatic N) is 3. The second-order valence-corrected chi connectivity index (χ2v) is 6.51. The van der Waals surface area contributed by atoms with Crippen molar-refractivity contribution in [3.8, 4) is 0 Å². The zero-order valence-electron chi connectivity index (χ0n) is 11.5. The van der Waals surface area contributed by atoms with E-state index in [1.165, 1.54) is 22.7 Å². The van der Waals surface area contributed by atoms with Crippen LogP contribution in [-0.2, 0) is 0 Å². The van der Waals surface area contributed by atoms with Crippen molar-refractivity contribution in [1.29, 1.82) is 0 Å². The summed E-state index contributed by atoms with van der Waals surface area (Å²) in [5, 5.41) is 14.3. The van der Waals surface area contributed by atoms with Gasteiger partial charge in [-0.25, -0.2) is 4.98 Å². The van der Waals surface area contributed by atoms with Gasteiger partial charge in [-0.3, -0.25) is 4.79 Å². The first kappa shape index (κ1) is 13.9. The third kappa shape index (κ3) is 2.59. The first-order valence-electron chi connectivity index (χ1n) is 6.29. The third-order valence-corrected chi connectivity index (χ3v) is 5.23. The Morgan fingerprint density at radius 2 is 2.29 bits per heavy atom. The van der Waals surface area contributed by atoms with Gasteiger partial charge in [-0.05, 0) is 19.9 Å². The van der Waals surface area contributed by atoms with Gasteiger partial charge in [0.1, 0.15) is 14.7 Å². The van der Waals surface area contributed by atoms with Crippen molar-refractivity contribution < 1.29 is 4.79 Å². The molecule has 1 amide bonds. The highest BCUT2D eigenvalue weighted by Crippen LogP contribution is 2.32. The monoisotopic (exact) mass is 319 g/mol. The van der Waals surface area contributed by atoms with E-state index in [1.807, 2.05) is 19.2 Å². The Morgan fingerprint density at radius 1 is 1.48 bits per heavy atom. The van der Waals surface area contributed by atoms with Crippen molar-refractivity contribution in [3.63, 3.8) is 0 Å². The Hall–Kier alpha value is -2.06. The second kappa shape index (κ2) is 5.38. The van der Waals surface area contributed by atoms with Gasteiger partial charge in [-0.15, -0.1) is 27.8 Å². The fourth-order valence-electron chi connectivity index (χ4n) is 1.94. The number of nitrogens with two attached hydrogens (primary N) is 1. The first-order chi connectivity index (χ1) is 10.1. The molecule has 3 heterocycles. The number of thiazole rings is 1. The van der Waals surface area contributed by atoms with E-state index in [4.69, 9.17) is 5.73 Å². The van der Waals surface area contributed by atoms with Gasteiger partial charge in [0.25, 0.3) is 5.91 Å². The van der Waals surface area contributed by atoms with Crippen LogP contribution in [-0.4, -0.2) is 21.1 Å². The molecule has 0 aliphatic heterocycles. The Bertz CT molecular complexity index is 810. The summed E-state index contributed by atoms with van der Waals surface area (Å²) in [6.07, 6.45) is 1.56. The Labute approximate surface area is 129 Å². The number of aromatic nitrogens is 3. The number of thiophene rings is 1. The van der Waals surface area contributed by atoms with Crippen molar-refractivity contribution in [1.82, 2.24) is 20.5 Å². The predicted octanol–water partition coefficient (Wildman–Crippen LogP) is 2.53. The van der Waals surface area contributed by atoms with E-state index in [2.05, 4.69) is 20.5 Å². The van der Waals surface area contributed by atoms with Gasteiger partial charge in [-0.1, -0.05) is 0 Å². The van der Waals surface area contributed by atoms with Crippen LogP contribution in [0, 0.1) is 6.92 Å². The minimum atomic E-state index is -0.212. The van der Waals surface area contributed by atoms with Crippen molar-refractivity contribution in [2.75, 3.05) is 5.73 Å². The number of rotatable bonds is 3. The molecule has 0 saturated carbocycles. The maximum atomic E-state index is 12.4. The molecule has 0 aliphatic rings. The van der Waals surface area contributed by atoms with Gasteiger partial charge in [0.15, 0.2) is 0 Å². The first-order valence-corrected chi connectivity index (χ1v) is 7.98. The highest BCUT2D eigenvalue weighted by Gasteiger charge is 2.20. The molecular weight excluding hydrogens is 306 g/mol. The number of carbonyl (C=O) groups is 1. The number of carbonyl (C=O) groups excluding carboxylic acids is 1. The summed E-state index contributed by atoms with van der Waals surface area (Å²) < 4.78 is 0. The number of amides is 1. The standard InChI is InChI=1S/C13H13N5OS2/c1-6-5-20-12(16-6)7(2)17-11(19)10-9(14)8-3-4-15-18-13(8)21-10/h3-5,7H,14H2,1-2H3,(H,17,19). The van der Waals surface area contributed by atoms with Crippen molar-refractivity contribution >= 4 is 44.5 Å². The number of hydrogen-bond acceptors (Lipinski definition) is 7. The molecule has 21 heavy (non-hydrogen) atoms. The number of anilines is 1. The van der Waals surface area contributed by atoms with Gasteiger partial charge >= 0.3 is 0 Å². The van der Waals surface area contributed by atoms with Gasteiger partial charge in [0.2, 0.25) is 0 Å². The summed E-state index contributed by atoms with van der Waals surface area (Å²) in [4.78, 5) is 17.9. The number of nitrogen functional groups attached to an aromatic ring is 1. The Balaban J connectivity index is 1.85. The van der Waals surface area contributed by atoms with Crippen LogP contribution in [0.25, 0.3) is 10.2 Å². The van der Waals surface area contributed by atoms with Crippen LogP contribution in [0.5, 0.6) is 0 Å². The van der Waals surface area contributed by atoms with Crippen LogP contribution in [0.15, 0.2) is 17.6 Å². The minimum Gasteiger partial charge on any atom is -0.397 e. The maximum absolute atomic E-state index is 12.4. The molecule has 0 radical (unpaired) electrons. The Kier molecular flexibility index (Phi) is 3.56. The molecule has 3 N–H and O–H groups in total. The number of aryl methyl sites for hydroxylation is 1. The lowest BCUT2D eigenvalue weighted by atomic mass is 10.2. The fourth-order valence-corrected chi connectivity index (χ4v) is 3.68. The van der Waals surface area contributed by atoms with Crippen LogP contribution in [0.4, 0.5) is 5.69 Å². The predicted molar refractivity (Wildman–Crippen MR) is 84.6 cm³/mol. The summed E-state index contributed by atoms with van der Waals surface area (Å²) >= 11 is 2.77. The topological polar surface area (TPSA) is 93.8 Å². The summed E-state index contributed by atoms with van der Waals surface area (Å²) in [6, 6.07) is 1.60. The molecule has 0 fully saturated rings. The van der Waals surface area contributed by atoms with Crippen LogP contribution >= 0.6 is 22.7 Å². The van der Waals surface area contributed by atoms with Crippen LogP contribution < -0.4 is 11.1 Å². The minimum absolute atomic E-state index is 0.160. The zero-order valence-corrected chi connectivity index (χ0v) is 13.1. The second-order valence-electron chi connectivity index (χ2n) is 4.62. The molecule has 3 aromatic rings. The van der Waals surface area contributed by atoms with E-state index in [-0.39, 0.29) is 11.9 Å². The van der Waals surface area contributed by atoms with Gasteiger partial charge in [0, 0.05) is 16.5 Å². The summed E-state index contributed by atoms with van der Waals surface area (Å²) in [7, 11) is 0. The summed E-state index contributed by atoms with van der Waals surface area (Å²) in [5.74, 6) is -0.212. The van der Waals surface area contributed by atoms with Crippen LogP contribution in [0.1, 0.15) is 33.3 Å². The molecule has 0 aromatic carbocycles. The molecule has 0 spiro atoms. The van der Waals surface area contributed by atoms with Gasteiger partial charge < -0.3 is 11.1 Å². The average Bonchev–Trinajstić information content (AvgIpc) is 3.04. The molecule has 8 heteroatoms. The molecular formula is C13H13N5OS2. The smallest absolute Gasteiger partial charge is 0.264 e. The lowest BCUT2D eigenvalue weighted by Gasteiger charge is -2.10. The molecule has 6 nitrogen and oxygen atoms in total. The number of hydrogen-bond donors (Lipinski definition) is 2. The lowest BCUT2D eigenvalue weighted by molar-refractivity contribution is 0.0945. The van der Waals surface area contributed by atoms with Crippen molar-refractivity contribution in [3.05, 3.63) is 33.2 Å². The Morgan fingerprint density at radius 3 is 2.95 bits per heavy atom. The SMILES string of the molecule is Cc1csc(C(C)NC(=O)c2sc3nnccc3c2N)n1. The van der Waals surface area contributed by atoms with E-state index in [1.54, 1.807) is 12.3 Å². The summed E-state index contributed by atoms with van der Waals surface area (Å²) in [6.45, 7) is 3.83. The normalized spacial score (nSPS) is 12.5. The maximum Gasteiger partial charge on any atom is 0.264 e. The molecule has 1 unspecified atom stereocenters. The molecule has 0 bridgehead atoms. The molecule has 0 saturated heterocycles. The van der Waals surface area contributed by atoms with Crippen molar-refractivity contribution in [2.45, 2.75) is 19.9 Å². The highest BCUT2D eigenvalue weighted by atomic mass is 32.1. The third-order valence-electron chi connectivity index (χ3n) is 2.98. The molecule has 3 rings (SSSR count). The molecule has 108 valence electrons. The fraction of sp³-hybridized carbons (Fsp3) is 0.231. The van der Waals surface area contributed by atoms with E-state index in [0.29, 0.717) is 15.4 Å².